The lowest BCUT2D eigenvalue weighted by molar-refractivity contribution is -0.141. The fourth-order valence-electron chi connectivity index (χ4n) is 8.44. The van der Waals surface area contributed by atoms with E-state index in [-0.39, 0.29) is 31.7 Å². The molecule has 284 valence electrons. The van der Waals surface area contributed by atoms with Crippen LogP contribution >= 0.6 is 0 Å². The van der Waals surface area contributed by atoms with Crippen LogP contribution in [-0.4, -0.2) is 88.8 Å². The monoisotopic (exact) mass is 749 g/mol. The molecule has 14 nitrogen and oxygen atoms in total. The molecule has 8 rings (SSSR count). The topological polar surface area (TPSA) is 193 Å². The number of nitrogens with zero attached hydrogens (tertiary/aromatic N) is 2. The number of ether oxygens (including phenoxy) is 2. The Labute approximate surface area is 308 Å². The number of allylic oxidation sites excluding steroid dienone is 1. The molecule has 2 aromatic rings. The molecule has 0 radical (unpaired) electrons. The molecule has 1 saturated heterocycles. The average molecular weight is 750 g/mol. The summed E-state index contributed by atoms with van der Waals surface area (Å²) in [6.07, 6.45) is 9.70. The van der Waals surface area contributed by atoms with Crippen LogP contribution in [0.2, 0.25) is 0 Å². The van der Waals surface area contributed by atoms with Crippen molar-refractivity contribution in [2.75, 3.05) is 13.7 Å². The molecule has 0 bridgehead atoms. The standard InChI is InChI=1S/C38H47N5O9S/c1-36(16-17-36)53(49,50)42-34(46)38-19-23(38)8-6-4-3-5-7-9-28(40-35(47)48)33(45)43-21-37(20-29(43)32(44)41-38)15-14-25-26-18-24(51-2)12-13-27(26)39-30(22-10-11-22)31(25)52-37/h6,8,12-13,18,22-23,28-29,40H,3-5,7,9-11,14-17,19-21H2,1-2H3,(H,41,44)(H,42,46)(H,47,48)/b8-6-/t23-,28+,29+,37-,38-/m1/s1. The van der Waals surface area contributed by atoms with Gasteiger partial charge < -0.3 is 30.1 Å². The van der Waals surface area contributed by atoms with Crippen molar-refractivity contribution in [2.24, 2.45) is 5.92 Å². The smallest absolute Gasteiger partial charge is 0.405 e. The molecule has 53 heavy (non-hydrogen) atoms. The van der Waals surface area contributed by atoms with Gasteiger partial charge in [0, 0.05) is 29.2 Å². The molecule has 3 saturated carbocycles. The van der Waals surface area contributed by atoms with Gasteiger partial charge in [0.25, 0.3) is 5.91 Å². The molecule has 0 unspecified atom stereocenters. The SMILES string of the molecule is COc1ccc2nc(C3CC3)c3c(c2c1)CC[C@]1(C[C@H]2C(=O)N[C@]4(C(=O)NS(=O)(=O)C5(C)CC5)C[C@H]4/C=C\CCCCC[C@H](NC(=O)O)C(=O)N2C1)O3. The molecule has 1 aromatic carbocycles. The Morgan fingerprint density at radius 3 is 2.60 bits per heavy atom. The number of benzene rings is 1. The zero-order chi connectivity index (χ0) is 37.3. The number of aromatic nitrogens is 1. The second-order valence-electron chi connectivity index (χ2n) is 16.2. The van der Waals surface area contributed by atoms with Crippen LogP contribution in [-0.2, 0) is 30.8 Å². The van der Waals surface area contributed by atoms with Gasteiger partial charge in [0.15, 0.2) is 0 Å². The van der Waals surface area contributed by atoms with Gasteiger partial charge in [-0.3, -0.25) is 19.1 Å². The van der Waals surface area contributed by atoms with E-state index in [4.69, 9.17) is 14.5 Å². The number of carboxylic acid groups (broad SMARTS) is 1. The van der Waals surface area contributed by atoms with Crippen LogP contribution < -0.4 is 24.8 Å². The number of aryl methyl sites for hydroxylation is 1. The first kappa shape index (κ1) is 35.6. The summed E-state index contributed by atoms with van der Waals surface area (Å²) in [6, 6.07) is 3.57. The van der Waals surface area contributed by atoms with Crippen molar-refractivity contribution in [3.63, 3.8) is 0 Å². The third-order valence-electron chi connectivity index (χ3n) is 12.3. The summed E-state index contributed by atoms with van der Waals surface area (Å²) in [6.45, 7) is 1.62. The van der Waals surface area contributed by atoms with E-state index in [2.05, 4.69) is 15.4 Å². The summed E-state index contributed by atoms with van der Waals surface area (Å²) in [7, 11) is -2.38. The molecule has 6 aliphatic rings. The molecule has 3 aliphatic heterocycles. The Morgan fingerprint density at radius 2 is 1.89 bits per heavy atom. The quantitative estimate of drug-likeness (QED) is 0.316. The fraction of sp³-hybridized carbons (Fsp3) is 0.605. The molecule has 15 heteroatoms. The molecule has 1 spiro atoms. The van der Waals surface area contributed by atoms with Crippen LogP contribution in [0.25, 0.3) is 10.9 Å². The highest BCUT2D eigenvalue weighted by atomic mass is 32.2. The third kappa shape index (κ3) is 6.48. The van der Waals surface area contributed by atoms with E-state index in [1.54, 1.807) is 14.0 Å². The highest BCUT2D eigenvalue weighted by Gasteiger charge is 2.64. The average Bonchev–Trinajstić information content (AvgIpc) is 4.06. The normalized spacial score (nSPS) is 31.4. The molecular formula is C38H47N5O9S. The van der Waals surface area contributed by atoms with Crippen molar-refractivity contribution in [3.05, 3.63) is 41.6 Å². The van der Waals surface area contributed by atoms with Crippen LogP contribution in [0.15, 0.2) is 30.4 Å². The Balaban J connectivity index is 1.15. The minimum absolute atomic E-state index is 0.0245. The van der Waals surface area contributed by atoms with Gasteiger partial charge in [0.05, 0.1) is 29.6 Å². The minimum Gasteiger partial charge on any atom is -0.497 e. The number of rotatable bonds is 6. The maximum absolute atomic E-state index is 14.6. The largest absolute Gasteiger partial charge is 0.497 e. The van der Waals surface area contributed by atoms with Gasteiger partial charge in [0.2, 0.25) is 21.8 Å². The summed E-state index contributed by atoms with van der Waals surface area (Å²) in [4.78, 5) is 61.2. The highest BCUT2D eigenvalue weighted by molar-refractivity contribution is 7.91. The number of carbonyl (C=O) groups excluding carboxylic acids is 3. The number of hydrogen-bond donors (Lipinski definition) is 4. The number of hydrogen-bond acceptors (Lipinski definition) is 9. The van der Waals surface area contributed by atoms with Gasteiger partial charge in [-0.15, -0.1) is 0 Å². The summed E-state index contributed by atoms with van der Waals surface area (Å²) < 4.78 is 40.1. The lowest BCUT2D eigenvalue weighted by Crippen LogP contribution is -2.58. The van der Waals surface area contributed by atoms with Crippen LogP contribution in [0.5, 0.6) is 11.5 Å². The predicted octanol–water partition coefficient (Wildman–Crippen LogP) is 3.82. The first-order valence-electron chi connectivity index (χ1n) is 18.8. The number of nitrogens with one attached hydrogen (secondary N) is 3. The van der Waals surface area contributed by atoms with Crippen molar-refractivity contribution in [2.45, 2.75) is 124 Å². The second-order valence-corrected chi connectivity index (χ2v) is 18.4. The van der Waals surface area contributed by atoms with Crippen molar-refractivity contribution in [1.82, 2.24) is 25.2 Å². The highest BCUT2D eigenvalue weighted by Crippen LogP contribution is 2.52. The zero-order valence-electron chi connectivity index (χ0n) is 30.1. The summed E-state index contributed by atoms with van der Waals surface area (Å²) >= 11 is 0. The van der Waals surface area contributed by atoms with Crippen LogP contribution in [0.3, 0.4) is 0 Å². The van der Waals surface area contributed by atoms with Gasteiger partial charge in [-0.05, 0) is 89.3 Å². The Hall–Kier alpha value is -4.40. The number of methoxy groups -OCH3 is 1. The number of carbonyl (C=O) groups is 4. The lowest BCUT2D eigenvalue weighted by Gasteiger charge is -2.37. The van der Waals surface area contributed by atoms with E-state index < -0.39 is 67.7 Å². The number of amides is 4. The number of sulfonamides is 1. The fourth-order valence-corrected chi connectivity index (χ4v) is 9.76. The first-order valence-corrected chi connectivity index (χ1v) is 20.3. The maximum Gasteiger partial charge on any atom is 0.405 e. The van der Waals surface area contributed by atoms with E-state index in [1.807, 2.05) is 30.4 Å². The van der Waals surface area contributed by atoms with Crippen LogP contribution in [0.4, 0.5) is 4.79 Å². The Bertz CT molecular complexity index is 2030. The van der Waals surface area contributed by atoms with Gasteiger partial charge in [-0.1, -0.05) is 25.0 Å². The molecule has 4 N–H and O–H groups in total. The first-order chi connectivity index (χ1) is 25.3. The molecule has 4 heterocycles. The van der Waals surface area contributed by atoms with E-state index in [9.17, 15) is 32.7 Å². The maximum atomic E-state index is 14.6. The van der Waals surface area contributed by atoms with Gasteiger partial charge in [0.1, 0.15) is 34.7 Å². The zero-order valence-corrected chi connectivity index (χ0v) is 30.9. The summed E-state index contributed by atoms with van der Waals surface area (Å²) in [5.41, 5.74) is 0.189. The van der Waals surface area contributed by atoms with E-state index >= 15 is 0 Å². The molecule has 4 amide bonds. The molecular weight excluding hydrogens is 703 g/mol. The second kappa shape index (κ2) is 12.9. The molecule has 5 atom stereocenters. The Morgan fingerprint density at radius 1 is 1.09 bits per heavy atom. The molecule has 1 aromatic heterocycles. The van der Waals surface area contributed by atoms with Crippen molar-refractivity contribution in [3.8, 4) is 11.5 Å². The van der Waals surface area contributed by atoms with Crippen LogP contribution in [0.1, 0.15) is 101 Å². The van der Waals surface area contributed by atoms with Crippen molar-refractivity contribution in [1.29, 1.82) is 0 Å². The summed E-state index contributed by atoms with van der Waals surface area (Å²) in [5.74, 6) is -0.786. The Kier molecular flexibility index (Phi) is 8.65. The predicted molar refractivity (Wildman–Crippen MR) is 193 cm³/mol. The van der Waals surface area contributed by atoms with Crippen molar-refractivity contribution < 1.29 is 42.2 Å². The number of pyridine rings is 1. The summed E-state index contributed by atoms with van der Waals surface area (Å²) in [5, 5.41) is 16.0. The van der Waals surface area contributed by atoms with Crippen molar-refractivity contribution >= 4 is 44.7 Å². The molecule has 4 fully saturated rings. The minimum atomic E-state index is -3.99. The van der Waals surface area contributed by atoms with Gasteiger partial charge in [-0.2, -0.15) is 0 Å². The van der Waals surface area contributed by atoms with E-state index in [0.29, 0.717) is 50.0 Å². The lowest BCUT2D eigenvalue weighted by atomic mass is 9.86. The van der Waals surface area contributed by atoms with E-state index in [0.717, 1.165) is 47.8 Å². The van der Waals surface area contributed by atoms with Gasteiger partial charge >= 0.3 is 6.09 Å². The number of fused-ring (bicyclic) bond motifs is 5. The van der Waals surface area contributed by atoms with Crippen LogP contribution in [0, 0.1) is 5.92 Å². The third-order valence-corrected chi connectivity index (χ3v) is 14.5. The van der Waals surface area contributed by atoms with E-state index in [1.165, 1.54) is 4.90 Å². The van der Waals surface area contributed by atoms with Gasteiger partial charge in [-0.25, -0.2) is 18.2 Å². The molecule has 3 aliphatic carbocycles.